The molecule has 7 N–H and O–H groups in total. The number of unbranched alkanes of at least 4 members (excludes halogenated alkanes) is 6. The molecular formula is C52H89N7Na2O13. The molecule has 8 atom stereocenters. The van der Waals surface area contributed by atoms with Gasteiger partial charge in [0.1, 0.15) is 48.4 Å². The number of nitrogens with zero attached hydrogens (tertiary/aromatic N) is 1. The van der Waals surface area contributed by atoms with E-state index in [1.807, 2.05) is 0 Å². The maximum absolute atomic E-state index is 14.1. The van der Waals surface area contributed by atoms with Gasteiger partial charge in [-0.1, -0.05) is 128 Å². The van der Waals surface area contributed by atoms with Crippen molar-refractivity contribution in [3.63, 3.8) is 0 Å². The van der Waals surface area contributed by atoms with Gasteiger partial charge in [0.25, 0.3) is 0 Å². The largest absolute Gasteiger partial charge is 1.00 e. The first-order chi connectivity index (χ1) is 33.6. The summed E-state index contributed by atoms with van der Waals surface area (Å²) in [5.41, 5.74) is 0. The van der Waals surface area contributed by atoms with E-state index in [9.17, 15) is 58.5 Å². The van der Waals surface area contributed by atoms with Crippen LogP contribution in [0.3, 0.4) is 0 Å². The summed E-state index contributed by atoms with van der Waals surface area (Å²) in [6.07, 6.45) is 4.30. The van der Waals surface area contributed by atoms with Crippen LogP contribution in [0.15, 0.2) is 4.99 Å². The zero-order chi connectivity index (χ0) is 54.8. The number of nitrogens with one attached hydrogen (secondary N) is 6. The number of amides is 6. The van der Waals surface area contributed by atoms with Gasteiger partial charge in [0, 0.05) is 18.8 Å². The molecule has 0 aromatic heterocycles. The minimum Gasteiger partial charge on any atom is -0.862 e. The van der Waals surface area contributed by atoms with E-state index in [4.69, 9.17) is 4.74 Å². The maximum atomic E-state index is 14.1. The van der Waals surface area contributed by atoms with E-state index >= 15 is 0 Å². The van der Waals surface area contributed by atoms with E-state index in [1.165, 1.54) is 0 Å². The van der Waals surface area contributed by atoms with Gasteiger partial charge in [-0.25, -0.2) is 4.79 Å². The number of ether oxygens (including phenoxy) is 1. The molecule has 412 valence electrons. The molecule has 1 rings (SSSR count). The fourth-order valence-electron chi connectivity index (χ4n) is 8.35. The van der Waals surface area contributed by atoms with Crippen molar-refractivity contribution in [2.24, 2.45) is 40.5 Å². The third kappa shape index (κ3) is 31.1. The van der Waals surface area contributed by atoms with E-state index in [2.05, 4.69) is 50.7 Å². The van der Waals surface area contributed by atoms with Gasteiger partial charge in [0.05, 0.1) is 6.42 Å². The first-order valence-corrected chi connectivity index (χ1v) is 26.3. The van der Waals surface area contributed by atoms with E-state index < -0.39 is 133 Å². The standard InChI is InChI=1S/C52H91N7O13.2Na/c1-29(2)20-18-16-14-13-15-17-19-21-35-26-42(60)53-39(27-43(61)62)48(67)54-36(22-30(3)4)46(65)56-38(24-32(7)8)50(69)59-45(34(11)12)51(70)57-40(28-44(63)64)49(68)55-37(23-31(5)6)47(66)58-41(25-33(9)10)52(71)72-35;;/h29-41,45H,13-28H2,1-12H3,(H,53,60)(H,54,67)(H,55,68)(H,56,65)(H,57,70)(H,58,66)(H,59,69)(H,61,62)(H,63,64);;/q;2*+1/p-2/t35?,36-,37+,38+,39-,40-,41-,45-;;/m0../s1. The van der Waals surface area contributed by atoms with Crippen LogP contribution in [0, 0.1) is 35.5 Å². The second-order valence-corrected chi connectivity index (χ2v) is 22.0. The summed E-state index contributed by atoms with van der Waals surface area (Å²) in [7, 11) is 0. The number of carbonyl (C=O) groups is 9. The quantitative estimate of drug-likeness (QED) is 0.0305. The van der Waals surface area contributed by atoms with Gasteiger partial charge in [-0.2, -0.15) is 0 Å². The molecule has 0 spiro atoms. The summed E-state index contributed by atoms with van der Waals surface area (Å²) in [5, 5.41) is 51.1. The van der Waals surface area contributed by atoms with Crippen molar-refractivity contribution in [1.29, 1.82) is 0 Å². The number of carboxylic acids is 2. The van der Waals surface area contributed by atoms with Crippen molar-refractivity contribution >= 4 is 59.2 Å². The summed E-state index contributed by atoms with van der Waals surface area (Å²) >= 11 is 0. The molecule has 6 amide bonds. The first kappa shape index (κ1) is 72.8. The maximum Gasteiger partial charge on any atom is 1.00 e. The van der Waals surface area contributed by atoms with Crippen LogP contribution in [0.1, 0.15) is 186 Å². The van der Waals surface area contributed by atoms with Crippen molar-refractivity contribution < 1.29 is 122 Å². The topological polar surface area (TPSA) is 314 Å². The number of carboxylic acid groups (broad SMARTS) is 2. The van der Waals surface area contributed by atoms with E-state index in [0.717, 1.165) is 44.9 Å². The second kappa shape index (κ2) is 38.3. The molecule has 1 heterocycles. The average molecular weight is 1070 g/mol. The molecule has 0 radical (unpaired) electrons. The van der Waals surface area contributed by atoms with Gasteiger partial charge in [0.2, 0.25) is 35.4 Å². The molecule has 22 heteroatoms. The van der Waals surface area contributed by atoms with Crippen molar-refractivity contribution in [2.75, 3.05) is 0 Å². The normalized spacial score (nSPS) is 23.5. The smallest absolute Gasteiger partial charge is 0.862 e. The number of hydrogen-bond donors (Lipinski definition) is 7. The second-order valence-electron chi connectivity index (χ2n) is 22.0. The van der Waals surface area contributed by atoms with Gasteiger partial charge in [-0.05, 0) is 79.9 Å². The van der Waals surface area contributed by atoms with Crippen LogP contribution >= 0.6 is 0 Å². The van der Waals surface area contributed by atoms with Gasteiger partial charge in [0.15, 0.2) is 0 Å². The van der Waals surface area contributed by atoms with Crippen molar-refractivity contribution in [1.82, 2.24) is 31.9 Å². The Morgan fingerprint density at radius 2 is 0.932 bits per heavy atom. The molecular weight excluding hydrogens is 977 g/mol. The summed E-state index contributed by atoms with van der Waals surface area (Å²) in [6, 6.07) is -10.3. The number of hydrogen-bond acceptors (Lipinski definition) is 13. The minimum atomic E-state index is -1.86. The zero-order valence-electron chi connectivity index (χ0n) is 47.2. The minimum absolute atomic E-state index is 0. The van der Waals surface area contributed by atoms with E-state index in [1.54, 1.807) is 69.2 Å². The number of cyclic esters (lactones) is 1. The van der Waals surface area contributed by atoms with E-state index in [0.29, 0.717) is 12.3 Å². The molecule has 0 saturated heterocycles. The predicted molar refractivity (Wildman–Crippen MR) is 268 cm³/mol. The van der Waals surface area contributed by atoms with Crippen molar-refractivity contribution in [3.05, 3.63) is 0 Å². The fraction of sp³-hybridized carbons (Fsp3) is 0.808. The molecule has 0 bridgehead atoms. The SMILES string of the molecule is CC(C)CCCCCCCCCC1CC([O-])=N[C@@H](CC(=O)[O-])C(=O)N[C@@H](CC(C)C)C(=O)N[C@H](CC(C)C)C(=O)N[C@@H](C(C)C)C(=O)N[C@@H](CC(=O)O)C(=O)N[C@H](CC(C)C)C(=O)N[C@@H](CC(C)C)C(=O)O1.[Na+].[Na+]. The van der Waals surface area contributed by atoms with Crippen LogP contribution in [0.25, 0.3) is 0 Å². The summed E-state index contributed by atoms with van der Waals surface area (Å²) < 4.78 is 5.97. The van der Waals surface area contributed by atoms with Crippen LogP contribution in [-0.2, 0) is 47.9 Å². The predicted octanol–water partition coefficient (Wildman–Crippen LogP) is -3.03. The Kier molecular flexibility index (Phi) is 37.6. The number of esters is 1. The Bertz CT molecular complexity index is 1810. The van der Waals surface area contributed by atoms with Gasteiger partial charge >= 0.3 is 71.1 Å². The summed E-state index contributed by atoms with van der Waals surface area (Å²) in [6.45, 7) is 21.8. The van der Waals surface area contributed by atoms with Crippen molar-refractivity contribution in [2.45, 2.75) is 234 Å². The molecule has 1 aliphatic heterocycles. The van der Waals surface area contributed by atoms with Gasteiger partial charge < -0.3 is 56.8 Å². The van der Waals surface area contributed by atoms with Crippen LogP contribution in [0.2, 0.25) is 0 Å². The molecule has 0 aromatic rings. The monoisotopic (exact) mass is 1070 g/mol. The Labute approximate surface area is 484 Å². The molecule has 0 aromatic carbocycles. The molecule has 0 aliphatic carbocycles. The molecule has 20 nitrogen and oxygen atoms in total. The number of aliphatic carboxylic acids is 2. The molecule has 1 aliphatic rings. The number of rotatable bonds is 23. The van der Waals surface area contributed by atoms with Crippen LogP contribution in [0.5, 0.6) is 0 Å². The molecule has 74 heavy (non-hydrogen) atoms. The fourth-order valence-corrected chi connectivity index (χ4v) is 8.35. The Hall–Kier alpha value is -3.30. The average Bonchev–Trinajstić information content (AvgIpc) is 3.24. The third-order valence-electron chi connectivity index (χ3n) is 12.0. The third-order valence-corrected chi connectivity index (χ3v) is 12.0. The summed E-state index contributed by atoms with van der Waals surface area (Å²) in [4.78, 5) is 126. The molecule has 0 saturated carbocycles. The Balaban J connectivity index is 0. The molecule has 0 fully saturated rings. The zero-order valence-corrected chi connectivity index (χ0v) is 51.2. The number of aliphatic imine (C=N–C) groups is 1. The van der Waals surface area contributed by atoms with Crippen LogP contribution in [0.4, 0.5) is 0 Å². The van der Waals surface area contributed by atoms with E-state index in [-0.39, 0.29) is 115 Å². The van der Waals surface area contributed by atoms with Crippen molar-refractivity contribution in [3.8, 4) is 0 Å². The van der Waals surface area contributed by atoms with Crippen LogP contribution in [-0.4, -0.2) is 113 Å². The van der Waals surface area contributed by atoms with Gasteiger partial charge in [-0.15, -0.1) is 0 Å². The van der Waals surface area contributed by atoms with Gasteiger partial charge in [-0.3, -0.25) is 38.6 Å². The first-order valence-electron chi connectivity index (χ1n) is 26.3. The number of carbonyl (C=O) groups excluding carboxylic acids is 8. The Morgan fingerprint density at radius 3 is 1.36 bits per heavy atom. The Morgan fingerprint density at radius 1 is 0.541 bits per heavy atom. The molecule has 1 unspecified atom stereocenters. The van der Waals surface area contributed by atoms with Crippen LogP contribution < -0.4 is 101 Å². The summed E-state index contributed by atoms with van der Waals surface area (Å²) in [5.74, 6) is -11.4.